The first-order valence-corrected chi connectivity index (χ1v) is 7.74. The second kappa shape index (κ2) is 5.57. The van der Waals surface area contributed by atoms with Gasteiger partial charge in [0.1, 0.15) is 6.04 Å². The fourth-order valence-corrected chi connectivity index (χ4v) is 4.03. The third kappa shape index (κ3) is 2.47. The summed E-state index contributed by atoms with van der Waals surface area (Å²) in [6.45, 7) is 1.73. The fourth-order valence-electron chi connectivity index (χ4n) is 4.03. The van der Waals surface area contributed by atoms with Crippen molar-refractivity contribution in [1.29, 1.82) is 0 Å². The van der Waals surface area contributed by atoms with E-state index < -0.39 is 12.0 Å². The lowest BCUT2D eigenvalue weighted by molar-refractivity contribution is -0.139. The number of nitrogens with one attached hydrogen (secondary N) is 1. The molecule has 2 N–H and O–H groups in total. The van der Waals surface area contributed by atoms with E-state index in [1.165, 1.54) is 36.8 Å². The molecule has 108 valence electrons. The van der Waals surface area contributed by atoms with Gasteiger partial charge in [-0.05, 0) is 49.1 Å². The molecule has 1 aromatic carbocycles. The Morgan fingerprint density at radius 3 is 2.70 bits per heavy atom. The molecule has 0 heterocycles. The Bertz CT molecular complexity index is 500. The molecule has 0 bridgehead atoms. The lowest BCUT2D eigenvalue weighted by Gasteiger charge is -2.41. The molecule has 0 saturated heterocycles. The van der Waals surface area contributed by atoms with E-state index >= 15 is 0 Å². The Labute approximate surface area is 120 Å². The van der Waals surface area contributed by atoms with Crippen molar-refractivity contribution in [3.05, 3.63) is 35.4 Å². The smallest absolute Gasteiger partial charge is 0.320 e. The maximum Gasteiger partial charge on any atom is 0.320 e. The Hall–Kier alpha value is -1.35. The molecule has 0 radical (unpaired) electrons. The zero-order chi connectivity index (χ0) is 14.1. The van der Waals surface area contributed by atoms with Gasteiger partial charge in [-0.15, -0.1) is 0 Å². The van der Waals surface area contributed by atoms with Crippen molar-refractivity contribution in [2.45, 2.75) is 57.0 Å². The van der Waals surface area contributed by atoms with Gasteiger partial charge in [-0.2, -0.15) is 0 Å². The van der Waals surface area contributed by atoms with E-state index in [0.29, 0.717) is 5.92 Å². The lowest BCUT2D eigenvalue weighted by atomic mass is 9.66. The van der Waals surface area contributed by atoms with Crippen molar-refractivity contribution >= 4 is 5.97 Å². The van der Waals surface area contributed by atoms with E-state index in [0.717, 1.165) is 12.3 Å². The molecule has 4 unspecified atom stereocenters. The molecule has 0 amide bonds. The van der Waals surface area contributed by atoms with E-state index in [1.807, 2.05) is 0 Å². The summed E-state index contributed by atoms with van der Waals surface area (Å²) in [7, 11) is 0. The van der Waals surface area contributed by atoms with Gasteiger partial charge >= 0.3 is 5.97 Å². The number of hydrogen-bond donors (Lipinski definition) is 2. The fraction of sp³-hybridized carbons (Fsp3) is 0.588. The first-order valence-electron chi connectivity index (χ1n) is 7.74. The highest BCUT2D eigenvalue weighted by Gasteiger charge is 2.36. The molecule has 3 nitrogen and oxygen atoms in total. The predicted molar refractivity (Wildman–Crippen MR) is 78.7 cm³/mol. The first-order chi connectivity index (χ1) is 9.66. The molecule has 4 atom stereocenters. The summed E-state index contributed by atoms with van der Waals surface area (Å²) >= 11 is 0. The van der Waals surface area contributed by atoms with Gasteiger partial charge in [0.25, 0.3) is 0 Å². The van der Waals surface area contributed by atoms with Crippen molar-refractivity contribution < 1.29 is 9.90 Å². The van der Waals surface area contributed by atoms with Gasteiger partial charge in [0.05, 0.1) is 0 Å². The Kier molecular flexibility index (Phi) is 3.79. The minimum absolute atomic E-state index is 0.191. The zero-order valence-electron chi connectivity index (χ0n) is 12.0. The summed E-state index contributed by atoms with van der Waals surface area (Å²) in [6, 6.07) is 8.31. The molecule has 2 aliphatic carbocycles. The number of hydrogen-bond acceptors (Lipinski definition) is 2. The van der Waals surface area contributed by atoms with Crippen LogP contribution in [0.2, 0.25) is 0 Å². The highest BCUT2D eigenvalue weighted by Crippen LogP contribution is 2.48. The second-order valence-electron chi connectivity index (χ2n) is 6.29. The summed E-state index contributed by atoms with van der Waals surface area (Å²) in [6.07, 6.45) is 6.32. The van der Waals surface area contributed by atoms with Crippen LogP contribution in [-0.4, -0.2) is 17.1 Å². The molecule has 0 aliphatic heterocycles. The number of rotatable bonds is 3. The molecular weight excluding hydrogens is 250 g/mol. The molecular formula is C17H23NO2. The van der Waals surface area contributed by atoms with Crippen molar-refractivity contribution in [1.82, 2.24) is 5.32 Å². The van der Waals surface area contributed by atoms with Crippen LogP contribution in [0, 0.1) is 5.92 Å². The Morgan fingerprint density at radius 1 is 1.25 bits per heavy atom. The number of fused-ring (bicyclic) bond motifs is 3. The van der Waals surface area contributed by atoms with Crippen LogP contribution in [0.15, 0.2) is 24.3 Å². The first kappa shape index (κ1) is 13.6. The van der Waals surface area contributed by atoms with Crippen LogP contribution >= 0.6 is 0 Å². The van der Waals surface area contributed by atoms with Gasteiger partial charge in [-0.25, -0.2) is 0 Å². The van der Waals surface area contributed by atoms with Gasteiger partial charge in [0.15, 0.2) is 0 Å². The third-order valence-corrected chi connectivity index (χ3v) is 5.04. The molecule has 0 aromatic heterocycles. The van der Waals surface area contributed by atoms with Crippen LogP contribution < -0.4 is 5.32 Å². The lowest BCUT2D eigenvalue weighted by Crippen LogP contribution is -2.40. The molecule has 1 saturated carbocycles. The largest absolute Gasteiger partial charge is 0.480 e. The topological polar surface area (TPSA) is 49.3 Å². The predicted octanol–water partition coefficient (Wildman–Crippen LogP) is 3.47. The summed E-state index contributed by atoms with van der Waals surface area (Å²) in [5.41, 5.74) is 2.78. The van der Waals surface area contributed by atoms with Crippen LogP contribution in [0.25, 0.3) is 0 Å². The number of benzene rings is 1. The molecule has 2 aliphatic rings. The second-order valence-corrected chi connectivity index (χ2v) is 6.29. The van der Waals surface area contributed by atoms with E-state index in [9.17, 15) is 4.79 Å². The highest BCUT2D eigenvalue weighted by molar-refractivity contribution is 5.72. The van der Waals surface area contributed by atoms with Gasteiger partial charge in [-0.3, -0.25) is 10.1 Å². The summed E-state index contributed by atoms with van der Waals surface area (Å²) < 4.78 is 0. The average molecular weight is 273 g/mol. The summed E-state index contributed by atoms with van der Waals surface area (Å²) in [4.78, 5) is 11.1. The molecule has 3 heteroatoms. The number of carboxylic acid groups (broad SMARTS) is 1. The number of carboxylic acids is 1. The van der Waals surface area contributed by atoms with Gasteiger partial charge in [0, 0.05) is 6.04 Å². The van der Waals surface area contributed by atoms with Gasteiger partial charge < -0.3 is 5.11 Å². The standard InChI is InChI=1S/C17H23NO2/c1-11(17(19)20)18-16-10-12-6-2-3-7-13(12)14-8-4-5-9-15(14)16/h4-5,8-9,11-13,16,18H,2-3,6-7,10H2,1H3,(H,19,20). The van der Waals surface area contributed by atoms with Crippen molar-refractivity contribution in [3.63, 3.8) is 0 Å². The van der Waals surface area contributed by atoms with Crippen LogP contribution in [0.5, 0.6) is 0 Å². The minimum Gasteiger partial charge on any atom is -0.480 e. The SMILES string of the molecule is CC(NC1CC2CCCCC2c2ccccc21)C(=O)O. The van der Waals surface area contributed by atoms with E-state index in [2.05, 4.69) is 29.6 Å². The van der Waals surface area contributed by atoms with Gasteiger partial charge in [-0.1, -0.05) is 37.1 Å². The van der Waals surface area contributed by atoms with Crippen LogP contribution in [0.1, 0.15) is 62.1 Å². The maximum absolute atomic E-state index is 11.1. The van der Waals surface area contributed by atoms with Crippen molar-refractivity contribution in [3.8, 4) is 0 Å². The normalized spacial score (nSPS) is 30.1. The summed E-state index contributed by atoms with van der Waals surface area (Å²) in [5.74, 6) is 0.642. The summed E-state index contributed by atoms with van der Waals surface area (Å²) in [5, 5.41) is 12.4. The van der Waals surface area contributed by atoms with Crippen LogP contribution in [0.4, 0.5) is 0 Å². The van der Waals surface area contributed by atoms with Crippen LogP contribution in [0.3, 0.4) is 0 Å². The zero-order valence-corrected chi connectivity index (χ0v) is 12.0. The molecule has 0 spiro atoms. The van der Waals surface area contributed by atoms with Crippen molar-refractivity contribution in [2.75, 3.05) is 0 Å². The highest BCUT2D eigenvalue weighted by atomic mass is 16.4. The Balaban J connectivity index is 1.89. The molecule has 1 fully saturated rings. The van der Waals surface area contributed by atoms with E-state index in [4.69, 9.17) is 5.11 Å². The van der Waals surface area contributed by atoms with Crippen LogP contribution in [-0.2, 0) is 4.79 Å². The molecule has 1 aromatic rings. The molecule has 20 heavy (non-hydrogen) atoms. The number of carbonyl (C=O) groups is 1. The quantitative estimate of drug-likeness (QED) is 0.886. The van der Waals surface area contributed by atoms with Crippen molar-refractivity contribution in [2.24, 2.45) is 5.92 Å². The van der Waals surface area contributed by atoms with E-state index in [1.54, 1.807) is 6.92 Å². The maximum atomic E-state index is 11.1. The number of aliphatic carboxylic acids is 1. The molecule has 3 rings (SSSR count). The third-order valence-electron chi connectivity index (χ3n) is 5.04. The monoisotopic (exact) mass is 273 g/mol. The van der Waals surface area contributed by atoms with Gasteiger partial charge in [0.2, 0.25) is 0 Å². The minimum atomic E-state index is -0.770. The average Bonchev–Trinajstić information content (AvgIpc) is 2.47. The Morgan fingerprint density at radius 2 is 1.95 bits per heavy atom. The van der Waals surface area contributed by atoms with E-state index in [-0.39, 0.29) is 6.04 Å².